The third-order valence-corrected chi connectivity index (χ3v) is 20.8. The van der Waals surface area contributed by atoms with E-state index in [-0.39, 0.29) is 210 Å². The first kappa shape index (κ1) is 163. The molecule has 0 radical (unpaired) electrons. The molecule has 11 atom stereocenters. The SMILES string of the molecule is CC(=O)[C@@H](N)CCC(=O)C(C)(C)C.CC(=O)[C@@H](N)CCCCNC(=O)CC(C)(C)C.CC(=O)[C@@H](N)CCCCNC(C)(C)C.CC(=O)[C@H](C)NC(C)(C)C.CC(C)(C)C(=O)[C@@H](N)CCC(=O)O.CC(C)(C)C(=O)[C@@H](N)CCCCN.CC(C)(C)CC(=O)N[C@@H](CCC(=O)O)C(=O)O.CC(C)(C)CC(=O)N[C@@H](CCCCN)C(=O)O.CC(C)[C@H](N)C(=O)C(C)(C)C.CC(C)[C@H](NC(=O)CC(C)(C)C)C(=O)O.C[C@H](N)C(=O)C(C)(C)C. The maximum Gasteiger partial charge on any atom is 0.326 e. The van der Waals surface area contributed by atoms with Gasteiger partial charge in [0.15, 0.2) is 23.1 Å². The molecule has 0 aromatic rings. The standard InChI is InChI=1S/C13H26N2O2.C12H24N2O3.C11H24N2O.C11H19NO5.C11H21NO3.C10H22N2O.C10H19NO2.C9H17NO3.C9H19NO.C8H17NO.C7H15NO/c1-10(16)11(14)7-5-6-8-15-12(17)9-13(2,3)4;1-12(2,3)8-10(15)14-9(11(16)17)6-4-5-7-13;1-9(14)10(12)7-5-6-8-13-11(2,3)4;1-11(2,3)6-8(13)12-7(10(16)17)4-5-9(14)15;1-7(2)9(10(14)15)12-8(13)6-11(3,4)5;1-10(2,3)9(13)8(12)6-4-5-7-11;1-7(12)8(11)5-6-9(13)10(2,3)4;1-9(2,3)8(13)6(10)4-5-7(11)12;1-6(2)7(10)8(11)9(3,4)5;1-6(7(2)10)9-8(3,4)5;1-5(8)6(9)7(2,3)4/h11H,5-9,14H2,1-4H3,(H,15,17);9H,4-8,13H2,1-3H3,(H,14,15)(H,16,17);10,13H,5-8,12H2,1-4H3;7H,4-6H2,1-3H3,(H,12,13)(H,14,15)(H,16,17);7,9H,6H2,1-5H3,(H,12,13)(H,14,15);8H,4-7,11-12H2,1-3H3;8H,5-6,11H2,1-4H3;6H,4-5,10H2,1-3H3,(H,11,12);6-7H,10H2,1-5H3;6,9H,1-5H3;5H,8H2,1-4H3/t11-;9-;10-;7-;9-;2*8-;6-;7-;6-;5-/m00000000000/s1. The highest BCUT2D eigenvalue weighted by atomic mass is 16.4. The Labute approximate surface area is 899 Å². The Hall–Kier alpha value is -8.18. The second kappa shape index (κ2) is 80.6. The van der Waals surface area contributed by atoms with E-state index in [1.165, 1.54) is 13.8 Å². The van der Waals surface area contributed by atoms with Crippen LogP contribution in [0.2, 0.25) is 0 Å². The Morgan fingerprint density at radius 3 is 0.819 bits per heavy atom. The van der Waals surface area contributed by atoms with E-state index >= 15 is 0 Å². The predicted octanol–water partition coefficient (Wildman–Crippen LogP) is 13.7. The molecule has 0 bridgehead atoms. The molecule has 29 N–H and O–H groups in total. The Morgan fingerprint density at radius 2 is 0.570 bits per heavy atom. The summed E-state index contributed by atoms with van der Waals surface area (Å²) in [5, 5.41) is 60.4. The summed E-state index contributed by atoms with van der Waals surface area (Å²) in [7, 11) is 0. The van der Waals surface area contributed by atoms with Gasteiger partial charge < -0.3 is 109 Å². The topological polar surface area (TPSA) is 715 Å². The molecule has 0 unspecified atom stereocenters. The molecule has 4 amide bonds. The van der Waals surface area contributed by atoms with Crippen molar-refractivity contribution in [1.82, 2.24) is 31.9 Å². The Bertz CT molecular complexity index is 3870. The van der Waals surface area contributed by atoms with Crippen LogP contribution in [-0.2, 0) is 86.3 Å². The number of rotatable bonds is 48. The van der Waals surface area contributed by atoms with Crippen LogP contribution in [0, 0.1) is 60.6 Å². The number of carboxylic acid groups (broad SMARTS) is 5. The van der Waals surface area contributed by atoms with Crippen LogP contribution < -0.4 is 83.5 Å². The van der Waals surface area contributed by atoms with Crippen LogP contribution in [-0.4, -0.2) is 235 Å². The zero-order chi connectivity index (χ0) is 121. The number of ketones is 9. The highest BCUT2D eigenvalue weighted by Crippen LogP contribution is 2.26. The van der Waals surface area contributed by atoms with Gasteiger partial charge in [-0.3, -0.25) is 71.9 Å². The molecule has 0 spiro atoms. The summed E-state index contributed by atoms with van der Waals surface area (Å²) in [5.41, 5.74) is 47.8. The zero-order valence-electron chi connectivity index (χ0n) is 101. The smallest absolute Gasteiger partial charge is 0.326 e. The van der Waals surface area contributed by atoms with Gasteiger partial charge in [-0.15, -0.1) is 0 Å². The molecule has 0 saturated carbocycles. The average Bonchev–Trinajstić information content (AvgIpc) is 0.872. The third-order valence-electron chi connectivity index (χ3n) is 20.8. The van der Waals surface area contributed by atoms with Crippen molar-refractivity contribution in [1.29, 1.82) is 0 Å². The van der Waals surface area contributed by atoms with E-state index < -0.39 is 65.5 Å². The summed E-state index contributed by atoms with van der Waals surface area (Å²) in [4.78, 5) is 199. The molecule has 880 valence electrons. The number of nitrogens with one attached hydrogen (secondary N) is 6. The van der Waals surface area contributed by atoms with Crippen LogP contribution in [0.3, 0.4) is 0 Å². The normalized spacial score (nSPS) is 13.9. The molecule has 0 aromatic carbocycles. The van der Waals surface area contributed by atoms with E-state index in [4.69, 9.17) is 77.1 Å². The first-order chi connectivity index (χ1) is 66.4. The van der Waals surface area contributed by atoms with Crippen molar-refractivity contribution in [3.05, 3.63) is 0 Å². The number of carboxylic acids is 5. The highest BCUT2D eigenvalue weighted by Gasteiger charge is 2.34. The number of unbranched alkanes of at least 4 members (excludes halogenated alkanes) is 4. The molecule has 0 aliphatic rings. The number of carbonyl (C=O) groups excluding carboxylic acids is 13. The van der Waals surface area contributed by atoms with Crippen molar-refractivity contribution in [3.8, 4) is 0 Å². The van der Waals surface area contributed by atoms with E-state index in [1.54, 1.807) is 55.4 Å². The van der Waals surface area contributed by atoms with Crippen molar-refractivity contribution in [2.45, 2.75) is 517 Å². The van der Waals surface area contributed by atoms with E-state index in [0.29, 0.717) is 71.0 Å². The van der Waals surface area contributed by atoms with Gasteiger partial charge in [0.2, 0.25) is 23.6 Å². The highest BCUT2D eigenvalue weighted by molar-refractivity contribution is 5.92. The molecule has 149 heavy (non-hydrogen) atoms. The minimum Gasteiger partial charge on any atom is -0.481 e. The van der Waals surface area contributed by atoms with Gasteiger partial charge in [-0.25, -0.2) is 14.4 Å². The fraction of sp³-hybridized carbons (Fsp3) is 0.838. The lowest BCUT2D eigenvalue weighted by Gasteiger charge is -2.24. The van der Waals surface area contributed by atoms with Gasteiger partial charge in [0.1, 0.15) is 47.0 Å². The lowest BCUT2D eigenvalue weighted by molar-refractivity contribution is -0.144. The van der Waals surface area contributed by atoms with Gasteiger partial charge >= 0.3 is 29.8 Å². The van der Waals surface area contributed by atoms with Crippen LogP contribution >= 0.6 is 0 Å². The summed E-state index contributed by atoms with van der Waals surface area (Å²) in [6.07, 6.45) is 11.9. The fourth-order valence-electron chi connectivity index (χ4n) is 11.8. The van der Waals surface area contributed by atoms with Gasteiger partial charge in [0.25, 0.3) is 0 Å². The Balaban J connectivity index is -0.000000157. The van der Waals surface area contributed by atoms with Gasteiger partial charge in [0.05, 0.1) is 48.3 Å². The quantitative estimate of drug-likeness (QED) is 0.0252. The van der Waals surface area contributed by atoms with E-state index in [9.17, 15) is 86.3 Å². The first-order valence-electron chi connectivity index (χ1n) is 52.6. The number of carbonyl (C=O) groups is 18. The van der Waals surface area contributed by atoms with Crippen molar-refractivity contribution in [2.75, 3.05) is 26.2 Å². The lowest BCUT2D eigenvalue weighted by atomic mass is 9.83. The molecule has 38 heteroatoms. The van der Waals surface area contributed by atoms with Gasteiger partial charge in [-0.05, 0) is 220 Å². The van der Waals surface area contributed by atoms with Gasteiger partial charge in [-0.1, -0.05) is 227 Å². The molecular weight excluding hydrogens is 1910 g/mol. The summed E-state index contributed by atoms with van der Waals surface area (Å²) >= 11 is 0. The Morgan fingerprint density at radius 1 is 0.282 bits per heavy atom. The predicted molar refractivity (Wildman–Crippen MR) is 601 cm³/mol. The van der Waals surface area contributed by atoms with Crippen molar-refractivity contribution >= 4 is 106 Å². The third kappa shape index (κ3) is 114. The number of Topliss-reactive ketones (excluding diaryl/α,β-unsaturated/α-hetero) is 9. The van der Waals surface area contributed by atoms with Crippen LogP contribution in [0.5, 0.6) is 0 Å². The fourth-order valence-corrected chi connectivity index (χ4v) is 11.8. The molecule has 0 saturated heterocycles. The van der Waals surface area contributed by atoms with E-state index in [2.05, 4.69) is 52.7 Å². The van der Waals surface area contributed by atoms with Crippen LogP contribution in [0.4, 0.5) is 0 Å². The summed E-state index contributed by atoms with van der Waals surface area (Å²) in [6, 6.07) is -5.45. The van der Waals surface area contributed by atoms with E-state index in [0.717, 1.165) is 64.3 Å². The number of hydrogen-bond acceptors (Lipinski definition) is 29. The van der Waals surface area contributed by atoms with E-state index in [1.807, 2.05) is 208 Å². The number of amides is 4. The summed E-state index contributed by atoms with van der Waals surface area (Å²) in [5.74, 6) is -5.02. The molecule has 0 rings (SSSR count). The van der Waals surface area contributed by atoms with Crippen molar-refractivity contribution in [2.24, 2.45) is 112 Å². The van der Waals surface area contributed by atoms with Crippen LogP contribution in [0.15, 0.2) is 0 Å². The minimum absolute atomic E-state index is 0.0278. The average molecular weight is 2140 g/mol. The number of aliphatic carboxylic acids is 5. The largest absolute Gasteiger partial charge is 0.481 e. The summed E-state index contributed by atoms with van der Waals surface area (Å²) in [6.45, 7) is 84.0. The second-order valence-electron chi connectivity index (χ2n) is 51.3. The second-order valence-corrected chi connectivity index (χ2v) is 51.3. The Kier molecular flexibility index (Phi) is 88.4. The summed E-state index contributed by atoms with van der Waals surface area (Å²) < 4.78 is 0. The molecule has 0 fully saturated rings. The molecular formula is C111H223N15O23. The minimum atomic E-state index is -1.21. The lowest BCUT2D eigenvalue weighted by Crippen LogP contribution is -2.45. The van der Waals surface area contributed by atoms with Crippen molar-refractivity contribution in [3.63, 3.8) is 0 Å². The monoisotopic (exact) mass is 2130 g/mol. The number of hydrogen-bond donors (Lipinski definition) is 20. The molecule has 38 nitrogen and oxygen atoms in total. The zero-order valence-corrected chi connectivity index (χ0v) is 101. The molecule has 0 heterocycles. The maximum atomic E-state index is 11.6. The van der Waals surface area contributed by atoms with Crippen LogP contribution in [0.1, 0.15) is 439 Å². The molecule has 0 aromatic heterocycles. The number of nitrogens with two attached hydrogens (primary N) is 9. The maximum absolute atomic E-state index is 11.6. The van der Waals surface area contributed by atoms with Gasteiger partial charge in [0, 0.05) is 89.6 Å². The van der Waals surface area contributed by atoms with Crippen LogP contribution in [0.25, 0.3) is 0 Å². The first-order valence-corrected chi connectivity index (χ1v) is 52.6. The molecule has 0 aliphatic heterocycles. The van der Waals surface area contributed by atoms with Gasteiger partial charge in [-0.2, -0.15) is 0 Å². The molecule has 0 aliphatic carbocycles. The van der Waals surface area contributed by atoms with Crippen molar-refractivity contribution < 1.29 is 112 Å².